The molecule has 4 rings (SSSR count). The molecule has 0 atom stereocenters. The van der Waals surface area contributed by atoms with Crippen LogP contribution in [-0.2, 0) is 0 Å². The fourth-order valence-electron chi connectivity index (χ4n) is 3.67. The lowest BCUT2D eigenvalue weighted by molar-refractivity contribution is 0.0943. The Bertz CT molecular complexity index is 975. The topological polar surface area (TPSA) is 69.8 Å². The second kappa shape index (κ2) is 8.41. The first-order chi connectivity index (χ1) is 13.6. The molecule has 146 valence electrons. The number of halogens is 2. The smallest absolute Gasteiger partial charge is 0.251 e. The maximum atomic E-state index is 12.5. The third-order valence-corrected chi connectivity index (χ3v) is 5.86. The predicted molar refractivity (Wildman–Crippen MR) is 115 cm³/mol. The Morgan fingerprint density at radius 2 is 1.86 bits per heavy atom. The summed E-state index contributed by atoms with van der Waals surface area (Å²) < 4.78 is 0. The number of nitrogens with one attached hydrogen (secondary N) is 3. The number of aromatic nitrogens is 2. The average molecular weight is 417 g/mol. The van der Waals surface area contributed by atoms with E-state index in [1.54, 1.807) is 24.3 Å². The van der Waals surface area contributed by atoms with Gasteiger partial charge in [-0.2, -0.15) is 0 Å². The number of aromatic amines is 1. The number of rotatable bonds is 5. The van der Waals surface area contributed by atoms with E-state index in [-0.39, 0.29) is 5.91 Å². The highest BCUT2D eigenvalue weighted by atomic mass is 35.5. The molecule has 1 aliphatic rings. The summed E-state index contributed by atoms with van der Waals surface area (Å²) in [5, 5.41) is 7.20. The van der Waals surface area contributed by atoms with Crippen LogP contribution in [-0.4, -0.2) is 22.4 Å². The molecule has 0 unspecified atom stereocenters. The molecule has 5 nitrogen and oxygen atoms in total. The van der Waals surface area contributed by atoms with Crippen LogP contribution in [0.5, 0.6) is 0 Å². The molecule has 28 heavy (non-hydrogen) atoms. The van der Waals surface area contributed by atoms with Crippen molar-refractivity contribution < 1.29 is 4.79 Å². The molecule has 1 heterocycles. The van der Waals surface area contributed by atoms with Gasteiger partial charge in [0.05, 0.1) is 26.8 Å². The number of para-hydroxylation sites is 1. The van der Waals surface area contributed by atoms with Crippen molar-refractivity contribution in [3.8, 4) is 0 Å². The summed E-state index contributed by atoms with van der Waals surface area (Å²) in [5.74, 6) is 1.06. The Balaban J connectivity index is 1.47. The van der Waals surface area contributed by atoms with E-state index < -0.39 is 0 Å². The number of fused-ring (bicyclic) bond motifs is 1. The van der Waals surface area contributed by atoms with Crippen LogP contribution in [0.2, 0.25) is 10.0 Å². The fraction of sp³-hybridized carbons (Fsp3) is 0.333. The summed E-state index contributed by atoms with van der Waals surface area (Å²) >= 11 is 12.4. The van der Waals surface area contributed by atoms with E-state index in [9.17, 15) is 4.79 Å². The van der Waals surface area contributed by atoms with Gasteiger partial charge in [-0.05, 0) is 49.1 Å². The maximum absolute atomic E-state index is 12.5. The van der Waals surface area contributed by atoms with E-state index in [0.29, 0.717) is 38.7 Å². The van der Waals surface area contributed by atoms with Crippen molar-refractivity contribution in [1.29, 1.82) is 0 Å². The lowest BCUT2D eigenvalue weighted by Gasteiger charge is -2.21. The Morgan fingerprint density at radius 3 is 2.61 bits per heavy atom. The van der Waals surface area contributed by atoms with E-state index in [4.69, 9.17) is 23.2 Å². The minimum atomic E-state index is -0.0564. The molecular weight excluding hydrogens is 395 g/mol. The van der Waals surface area contributed by atoms with E-state index in [2.05, 4.69) is 20.6 Å². The molecule has 1 aromatic heterocycles. The van der Waals surface area contributed by atoms with Crippen molar-refractivity contribution in [2.45, 2.75) is 32.1 Å². The number of benzene rings is 2. The van der Waals surface area contributed by atoms with Crippen LogP contribution < -0.4 is 10.6 Å². The van der Waals surface area contributed by atoms with Gasteiger partial charge in [0, 0.05) is 12.1 Å². The van der Waals surface area contributed by atoms with Gasteiger partial charge in [0.1, 0.15) is 0 Å². The SMILES string of the molecule is O=C(NCC1CCCCC1)c1ccc2[nH]c(Nc3c(Cl)cccc3Cl)nc2c1. The molecule has 2 aromatic carbocycles. The van der Waals surface area contributed by atoms with Gasteiger partial charge in [0.25, 0.3) is 5.91 Å². The van der Waals surface area contributed by atoms with Gasteiger partial charge < -0.3 is 15.6 Å². The highest BCUT2D eigenvalue weighted by molar-refractivity contribution is 6.39. The molecule has 1 saturated carbocycles. The summed E-state index contributed by atoms with van der Waals surface area (Å²) in [5.41, 5.74) is 2.73. The van der Waals surface area contributed by atoms with Gasteiger partial charge in [-0.25, -0.2) is 4.98 Å². The van der Waals surface area contributed by atoms with E-state index in [1.165, 1.54) is 32.1 Å². The van der Waals surface area contributed by atoms with Crippen molar-refractivity contribution in [2.75, 3.05) is 11.9 Å². The van der Waals surface area contributed by atoms with Crippen LogP contribution in [0.15, 0.2) is 36.4 Å². The van der Waals surface area contributed by atoms with Gasteiger partial charge in [-0.15, -0.1) is 0 Å². The summed E-state index contributed by atoms with van der Waals surface area (Å²) in [7, 11) is 0. The van der Waals surface area contributed by atoms with Gasteiger partial charge >= 0.3 is 0 Å². The summed E-state index contributed by atoms with van der Waals surface area (Å²) in [6, 6.07) is 10.8. The number of H-pyrrole nitrogens is 1. The molecule has 3 aromatic rings. The van der Waals surface area contributed by atoms with E-state index >= 15 is 0 Å². The van der Waals surface area contributed by atoms with Gasteiger partial charge in [0.15, 0.2) is 0 Å². The van der Waals surface area contributed by atoms with Crippen LogP contribution in [0.4, 0.5) is 11.6 Å². The minimum absolute atomic E-state index is 0.0564. The van der Waals surface area contributed by atoms with Gasteiger partial charge in [-0.3, -0.25) is 4.79 Å². The second-order valence-electron chi connectivity index (χ2n) is 7.25. The van der Waals surface area contributed by atoms with Crippen LogP contribution in [0.25, 0.3) is 11.0 Å². The number of carbonyl (C=O) groups excluding carboxylic acids is 1. The Kier molecular flexibility index (Phi) is 5.74. The normalized spacial score (nSPS) is 14.9. The molecule has 1 amide bonds. The quantitative estimate of drug-likeness (QED) is 0.482. The first-order valence-electron chi connectivity index (χ1n) is 9.59. The largest absolute Gasteiger partial charge is 0.352 e. The van der Waals surface area contributed by atoms with E-state index in [1.807, 2.05) is 12.1 Å². The third-order valence-electron chi connectivity index (χ3n) is 5.23. The molecule has 1 fully saturated rings. The zero-order chi connectivity index (χ0) is 19.5. The van der Waals surface area contributed by atoms with Crippen molar-refractivity contribution in [2.24, 2.45) is 5.92 Å². The molecule has 0 saturated heterocycles. The zero-order valence-corrected chi connectivity index (χ0v) is 16.9. The fourth-order valence-corrected chi connectivity index (χ4v) is 4.16. The van der Waals surface area contributed by atoms with Crippen LogP contribution in [0.3, 0.4) is 0 Å². The molecule has 0 aliphatic heterocycles. The number of anilines is 2. The average Bonchev–Trinajstić information content (AvgIpc) is 3.11. The Morgan fingerprint density at radius 1 is 1.11 bits per heavy atom. The molecular formula is C21H22Cl2N4O. The second-order valence-corrected chi connectivity index (χ2v) is 8.07. The highest BCUT2D eigenvalue weighted by Gasteiger charge is 2.16. The predicted octanol–water partition coefficient (Wildman–Crippen LogP) is 5.92. The minimum Gasteiger partial charge on any atom is -0.352 e. The highest BCUT2D eigenvalue weighted by Crippen LogP contribution is 2.32. The van der Waals surface area contributed by atoms with Crippen molar-refractivity contribution in [3.05, 3.63) is 52.0 Å². The molecule has 0 spiro atoms. The van der Waals surface area contributed by atoms with E-state index in [0.717, 1.165) is 12.1 Å². The van der Waals surface area contributed by atoms with Gasteiger partial charge in [-0.1, -0.05) is 48.5 Å². The third kappa shape index (κ3) is 4.26. The van der Waals surface area contributed by atoms with Crippen LogP contribution in [0.1, 0.15) is 42.5 Å². The first kappa shape index (κ1) is 19.1. The lowest BCUT2D eigenvalue weighted by atomic mass is 9.89. The number of hydrogen-bond acceptors (Lipinski definition) is 3. The van der Waals surface area contributed by atoms with Crippen molar-refractivity contribution >= 4 is 51.8 Å². The standard InChI is InChI=1S/C21H22Cl2N4O/c22-15-7-4-8-16(23)19(15)27-21-25-17-10-9-14(11-18(17)26-21)20(28)24-12-13-5-2-1-3-6-13/h4,7-11,13H,1-3,5-6,12H2,(H,24,28)(H2,25,26,27). The Hall–Kier alpha value is -2.24. The van der Waals surface area contributed by atoms with Crippen LogP contribution >= 0.6 is 23.2 Å². The van der Waals surface area contributed by atoms with Crippen molar-refractivity contribution in [1.82, 2.24) is 15.3 Å². The molecule has 0 bridgehead atoms. The number of carbonyl (C=O) groups is 1. The lowest BCUT2D eigenvalue weighted by Crippen LogP contribution is -2.30. The van der Waals surface area contributed by atoms with Crippen LogP contribution in [0, 0.1) is 5.92 Å². The Labute approximate surface area is 173 Å². The van der Waals surface area contributed by atoms with Gasteiger partial charge in [0.2, 0.25) is 5.95 Å². The number of hydrogen-bond donors (Lipinski definition) is 3. The number of nitrogens with zero attached hydrogens (tertiary/aromatic N) is 1. The summed E-state index contributed by atoms with van der Waals surface area (Å²) in [6.45, 7) is 0.745. The molecule has 1 aliphatic carbocycles. The number of imidazole rings is 1. The summed E-state index contributed by atoms with van der Waals surface area (Å²) in [6.07, 6.45) is 6.27. The monoisotopic (exact) mass is 416 g/mol. The molecule has 0 radical (unpaired) electrons. The maximum Gasteiger partial charge on any atom is 0.251 e. The summed E-state index contributed by atoms with van der Waals surface area (Å²) in [4.78, 5) is 20.2. The first-order valence-corrected chi connectivity index (χ1v) is 10.3. The number of amides is 1. The molecule has 3 N–H and O–H groups in total. The molecule has 7 heteroatoms. The van der Waals surface area contributed by atoms with Crippen molar-refractivity contribution in [3.63, 3.8) is 0 Å². The zero-order valence-electron chi connectivity index (χ0n) is 15.4.